The molecule has 0 saturated heterocycles. The standard InChI is InChI=1S/C10H14N2O4/c1-14-7-4-6(12-5-13)8(11)10(16-3)9(7)15-2/h4-5H,11H2,1-3H3,(H,12,13). The third-order valence-corrected chi connectivity index (χ3v) is 2.08. The molecular formula is C10H14N2O4. The first-order valence-corrected chi connectivity index (χ1v) is 4.48. The lowest BCUT2D eigenvalue weighted by Gasteiger charge is -2.16. The van der Waals surface area contributed by atoms with Crippen LogP contribution in [0.2, 0.25) is 0 Å². The lowest BCUT2D eigenvalue weighted by Crippen LogP contribution is -2.04. The molecule has 1 rings (SSSR count). The van der Waals surface area contributed by atoms with E-state index < -0.39 is 0 Å². The van der Waals surface area contributed by atoms with Gasteiger partial charge in [-0.05, 0) is 0 Å². The summed E-state index contributed by atoms with van der Waals surface area (Å²) in [7, 11) is 4.42. The first kappa shape index (κ1) is 12.0. The average molecular weight is 226 g/mol. The Bertz CT molecular complexity index is 393. The number of nitrogens with two attached hydrogens (primary N) is 1. The van der Waals surface area contributed by atoms with Crippen molar-refractivity contribution in [1.29, 1.82) is 0 Å². The van der Waals surface area contributed by atoms with Crippen LogP contribution in [0.4, 0.5) is 11.4 Å². The Morgan fingerprint density at radius 2 is 1.81 bits per heavy atom. The molecule has 1 aromatic rings. The van der Waals surface area contributed by atoms with E-state index in [0.29, 0.717) is 29.3 Å². The molecule has 3 N–H and O–H groups in total. The zero-order valence-electron chi connectivity index (χ0n) is 9.37. The second-order valence-corrected chi connectivity index (χ2v) is 2.87. The van der Waals surface area contributed by atoms with E-state index in [-0.39, 0.29) is 5.69 Å². The molecule has 0 aliphatic carbocycles. The maximum atomic E-state index is 10.4. The molecule has 0 saturated carbocycles. The lowest BCUT2D eigenvalue weighted by molar-refractivity contribution is -0.105. The number of nitrogens with one attached hydrogen (secondary N) is 1. The molecule has 0 aliphatic heterocycles. The van der Waals surface area contributed by atoms with Crippen LogP contribution in [0.25, 0.3) is 0 Å². The van der Waals surface area contributed by atoms with Crippen molar-refractivity contribution in [2.75, 3.05) is 32.4 Å². The fraction of sp³-hybridized carbons (Fsp3) is 0.300. The highest BCUT2D eigenvalue weighted by atomic mass is 16.5. The summed E-state index contributed by atoms with van der Waals surface area (Å²) in [5, 5.41) is 2.46. The molecular weight excluding hydrogens is 212 g/mol. The van der Waals surface area contributed by atoms with E-state index in [1.54, 1.807) is 6.07 Å². The van der Waals surface area contributed by atoms with E-state index in [2.05, 4.69) is 5.32 Å². The number of hydrogen-bond donors (Lipinski definition) is 2. The molecule has 0 atom stereocenters. The van der Waals surface area contributed by atoms with Gasteiger partial charge in [-0.15, -0.1) is 0 Å². The average Bonchev–Trinajstić information content (AvgIpc) is 2.31. The summed E-state index contributed by atoms with van der Waals surface area (Å²) in [5.41, 5.74) is 6.49. The van der Waals surface area contributed by atoms with Gasteiger partial charge in [0.2, 0.25) is 12.2 Å². The quantitative estimate of drug-likeness (QED) is 0.574. The zero-order chi connectivity index (χ0) is 12.1. The third-order valence-electron chi connectivity index (χ3n) is 2.08. The fourth-order valence-corrected chi connectivity index (χ4v) is 1.36. The van der Waals surface area contributed by atoms with E-state index >= 15 is 0 Å². The molecule has 0 heterocycles. The Balaban J connectivity index is 3.41. The van der Waals surface area contributed by atoms with Crippen molar-refractivity contribution < 1.29 is 19.0 Å². The molecule has 16 heavy (non-hydrogen) atoms. The largest absolute Gasteiger partial charge is 0.493 e. The van der Waals surface area contributed by atoms with E-state index in [4.69, 9.17) is 19.9 Å². The van der Waals surface area contributed by atoms with Crippen LogP contribution in [0.5, 0.6) is 17.2 Å². The first-order valence-electron chi connectivity index (χ1n) is 4.48. The molecule has 0 aliphatic rings. The number of hydrogen-bond acceptors (Lipinski definition) is 5. The van der Waals surface area contributed by atoms with E-state index in [9.17, 15) is 4.79 Å². The van der Waals surface area contributed by atoms with Crippen molar-refractivity contribution in [3.8, 4) is 17.2 Å². The summed E-state index contributed by atoms with van der Waals surface area (Å²) in [6, 6.07) is 1.56. The Kier molecular flexibility index (Phi) is 3.82. The highest BCUT2D eigenvalue weighted by Gasteiger charge is 2.18. The second kappa shape index (κ2) is 5.11. The number of nitrogen functional groups attached to an aromatic ring is 1. The zero-order valence-corrected chi connectivity index (χ0v) is 9.37. The van der Waals surface area contributed by atoms with Crippen molar-refractivity contribution >= 4 is 17.8 Å². The molecule has 1 aromatic carbocycles. The van der Waals surface area contributed by atoms with Gasteiger partial charge in [-0.25, -0.2) is 0 Å². The molecule has 0 radical (unpaired) electrons. The number of rotatable bonds is 5. The number of ether oxygens (including phenoxy) is 3. The van der Waals surface area contributed by atoms with Crippen molar-refractivity contribution in [3.05, 3.63) is 6.07 Å². The van der Waals surface area contributed by atoms with Crippen molar-refractivity contribution in [3.63, 3.8) is 0 Å². The Morgan fingerprint density at radius 1 is 1.19 bits per heavy atom. The monoisotopic (exact) mass is 226 g/mol. The van der Waals surface area contributed by atoms with Gasteiger partial charge in [0, 0.05) is 6.07 Å². The van der Waals surface area contributed by atoms with E-state index in [1.807, 2.05) is 0 Å². The predicted molar refractivity (Wildman–Crippen MR) is 60.2 cm³/mol. The Labute approximate surface area is 93.3 Å². The van der Waals surface area contributed by atoms with E-state index in [1.165, 1.54) is 21.3 Å². The molecule has 6 heteroatoms. The summed E-state index contributed by atoms with van der Waals surface area (Å²) >= 11 is 0. The van der Waals surface area contributed by atoms with Crippen LogP contribution in [0.15, 0.2) is 6.07 Å². The summed E-state index contributed by atoms with van der Waals surface area (Å²) in [5.74, 6) is 1.14. The summed E-state index contributed by atoms with van der Waals surface area (Å²) < 4.78 is 15.3. The van der Waals surface area contributed by atoms with Crippen LogP contribution in [0.1, 0.15) is 0 Å². The van der Waals surface area contributed by atoms with Crippen LogP contribution < -0.4 is 25.3 Å². The Hall–Kier alpha value is -2.11. The van der Waals surface area contributed by atoms with Crippen LogP contribution >= 0.6 is 0 Å². The molecule has 6 nitrogen and oxygen atoms in total. The van der Waals surface area contributed by atoms with Gasteiger partial charge in [-0.3, -0.25) is 4.79 Å². The number of carbonyl (C=O) groups excluding carboxylic acids is 1. The number of carbonyl (C=O) groups is 1. The number of benzene rings is 1. The normalized spacial score (nSPS) is 9.44. The molecule has 1 amide bonds. The smallest absolute Gasteiger partial charge is 0.211 e. The minimum absolute atomic E-state index is 0.284. The van der Waals surface area contributed by atoms with Gasteiger partial charge >= 0.3 is 0 Å². The molecule has 0 spiro atoms. The van der Waals surface area contributed by atoms with Crippen molar-refractivity contribution in [2.24, 2.45) is 0 Å². The van der Waals surface area contributed by atoms with Crippen LogP contribution in [-0.2, 0) is 4.79 Å². The van der Waals surface area contributed by atoms with Crippen molar-refractivity contribution in [2.45, 2.75) is 0 Å². The number of methoxy groups -OCH3 is 3. The molecule has 0 aromatic heterocycles. The van der Waals surface area contributed by atoms with Crippen LogP contribution in [0, 0.1) is 0 Å². The van der Waals surface area contributed by atoms with E-state index in [0.717, 1.165) is 0 Å². The van der Waals surface area contributed by atoms with Crippen LogP contribution in [-0.4, -0.2) is 27.7 Å². The summed E-state index contributed by atoms with van der Waals surface area (Å²) in [6.07, 6.45) is 0.525. The van der Waals surface area contributed by atoms with Gasteiger partial charge in [0.05, 0.1) is 27.0 Å². The first-order chi connectivity index (χ1) is 7.69. The second-order valence-electron chi connectivity index (χ2n) is 2.87. The summed E-state index contributed by atoms with van der Waals surface area (Å²) in [6.45, 7) is 0. The molecule has 0 fully saturated rings. The van der Waals surface area contributed by atoms with Gasteiger partial charge < -0.3 is 25.3 Å². The predicted octanol–water partition coefficient (Wildman–Crippen LogP) is 0.863. The SMILES string of the molecule is COc1cc(NC=O)c(N)c(OC)c1OC. The number of amides is 1. The minimum atomic E-state index is 0.284. The summed E-state index contributed by atoms with van der Waals surface area (Å²) in [4.78, 5) is 10.4. The fourth-order valence-electron chi connectivity index (χ4n) is 1.36. The van der Waals surface area contributed by atoms with Gasteiger partial charge in [0.15, 0.2) is 11.5 Å². The highest BCUT2D eigenvalue weighted by Crippen LogP contribution is 2.45. The molecule has 0 unspecified atom stereocenters. The third kappa shape index (κ3) is 1.95. The maximum Gasteiger partial charge on any atom is 0.211 e. The maximum absolute atomic E-state index is 10.4. The van der Waals surface area contributed by atoms with Crippen LogP contribution in [0.3, 0.4) is 0 Å². The highest BCUT2D eigenvalue weighted by molar-refractivity contribution is 5.86. The van der Waals surface area contributed by atoms with Gasteiger partial charge in [-0.2, -0.15) is 0 Å². The van der Waals surface area contributed by atoms with Gasteiger partial charge in [0.25, 0.3) is 0 Å². The molecule has 0 bridgehead atoms. The number of anilines is 2. The van der Waals surface area contributed by atoms with Crippen molar-refractivity contribution in [1.82, 2.24) is 0 Å². The molecule has 88 valence electrons. The van der Waals surface area contributed by atoms with Gasteiger partial charge in [0.1, 0.15) is 5.69 Å². The Morgan fingerprint density at radius 3 is 2.25 bits per heavy atom. The van der Waals surface area contributed by atoms with Gasteiger partial charge in [-0.1, -0.05) is 0 Å². The topological polar surface area (TPSA) is 82.8 Å². The lowest BCUT2D eigenvalue weighted by atomic mass is 10.2. The minimum Gasteiger partial charge on any atom is -0.493 e.